The van der Waals surface area contributed by atoms with E-state index in [-0.39, 0.29) is 31.6 Å². The van der Waals surface area contributed by atoms with Gasteiger partial charge in [0.1, 0.15) is 16.7 Å². The molecule has 5 rings (SSSR count). The van der Waals surface area contributed by atoms with Crippen LogP contribution in [0.5, 0.6) is 0 Å². The fourth-order valence-corrected chi connectivity index (χ4v) is 7.17. The van der Waals surface area contributed by atoms with Crippen LogP contribution in [0.4, 0.5) is 10.3 Å². The number of nitrogens with two attached hydrogens (primary N) is 1. The van der Waals surface area contributed by atoms with Gasteiger partial charge in [-0.25, -0.2) is 17.8 Å². The summed E-state index contributed by atoms with van der Waals surface area (Å²) in [7, 11) is -3.80. The molecule has 2 fully saturated rings. The predicted molar refractivity (Wildman–Crippen MR) is 143 cm³/mol. The van der Waals surface area contributed by atoms with Crippen LogP contribution >= 0.6 is 0 Å². The molecule has 0 spiro atoms. The third kappa shape index (κ3) is 5.45. The quantitative estimate of drug-likeness (QED) is 0.498. The van der Waals surface area contributed by atoms with Crippen LogP contribution in [0, 0.1) is 0 Å². The van der Waals surface area contributed by atoms with Gasteiger partial charge in [-0.05, 0) is 50.2 Å². The minimum absolute atomic E-state index is 0.0832. The summed E-state index contributed by atoms with van der Waals surface area (Å²) >= 11 is 0. The van der Waals surface area contributed by atoms with Gasteiger partial charge in [-0.15, -0.1) is 0 Å². The predicted octanol–water partition coefficient (Wildman–Crippen LogP) is 3.76. The van der Waals surface area contributed by atoms with Crippen molar-refractivity contribution in [2.45, 2.75) is 69.2 Å². The Bertz CT molecular complexity index is 1280. The number of sulfonamides is 1. The monoisotopic (exact) mass is 532 g/mol. The van der Waals surface area contributed by atoms with Crippen molar-refractivity contribution in [3.63, 3.8) is 0 Å². The first kappa shape index (κ1) is 26.3. The number of fused-ring (bicyclic) bond motifs is 1. The fraction of sp³-hybridized carbons (Fsp3) is 0.615. The van der Waals surface area contributed by atoms with Crippen molar-refractivity contribution in [3.05, 3.63) is 35.9 Å². The third-order valence-electron chi connectivity index (χ3n) is 7.67. The third-order valence-corrected chi connectivity index (χ3v) is 9.89. The standard InChI is InChI=1S/C26H37FN6O3S/c1-2-3-10-29-26-30-16-21-22(17-33(25(21)31-26)20-7-5-19(28)6-8-20)18-4-9-24(23(27)15-18)37(34,35)32-11-13-36-14-12-32/h4,15-17,19-20,24H,2-3,5-14,28H2,1H3,(H,29,30,31). The summed E-state index contributed by atoms with van der Waals surface area (Å²) < 4.78 is 50.4. The van der Waals surface area contributed by atoms with E-state index >= 15 is 4.39 Å². The van der Waals surface area contributed by atoms with Gasteiger partial charge in [-0.3, -0.25) is 0 Å². The molecule has 3 N–H and O–H groups in total. The van der Waals surface area contributed by atoms with Gasteiger partial charge in [0.05, 0.1) is 13.2 Å². The van der Waals surface area contributed by atoms with Crippen LogP contribution in [0.15, 0.2) is 30.4 Å². The number of ether oxygens (including phenoxy) is 1. The van der Waals surface area contributed by atoms with Crippen LogP contribution in [0.1, 0.15) is 63.5 Å². The Morgan fingerprint density at radius 3 is 2.68 bits per heavy atom. The highest BCUT2D eigenvalue weighted by Crippen LogP contribution is 2.38. The maximum atomic E-state index is 15.4. The van der Waals surface area contributed by atoms with E-state index in [0.29, 0.717) is 24.7 Å². The number of hydrogen-bond acceptors (Lipinski definition) is 7. The second-order valence-corrected chi connectivity index (χ2v) is 12.3. The lowest BCUT2D eigenvalue weighted by molar-refractivity contribution is 0.0726. The Balaban J connectivity index is 1.46. The summed E-state index contributed by atoms with van der Waals surface area (Å²) in [5.41, 5.74) is 8.45. The molecule has 202 valence electrons. The molecule has 3 heterocycles. The lowest BCUT2D eigenvalue weighted by Gasteiger charge is -2.30. The second kappa shape index (κ2) is 11.2. The number of hydrogen-bond donors (Lipinski definition) is 2. The van der Waals surface area contributed by atoms with Crippen molar-refractivity contribution in [2.75, 3.05) is 38.2 Å². The molecular weight excluding hydrogens is 495 g/mol. The van der Waals surface area contributed by atoms with Crippen molar-refractivity contribution < 1.29 is 17.5 Å². The smallest absolute Gasteiger partial charge is 0.224 e. The molecule has 1 saturated heterocycles. The number of nitrogens with one attached hydrogen (secondary N) is 1. The van der Waals surface area contributed by atoms with Crippen LogP contribution in [-0.4, -0.2) is 71.4 Å². The highest BCUT2D eigenvalue weighted by Gasteiger charge is 2.37. The van der Waals surface area contributed by atoms with Crippen LogP contribution in [0.25, 0.3) is 16.6 Å². The van der Waals surface area contributed by atoms with Crippen molar-refractivity contribution in [3.8, 4) is 0 Å². The highest BCUT2D eigenvalue weighted by atomic mass is 32.2. The fourth-order valence-electron chi connectivity index (χ4n) is 5.46. The van der Waals surface area contributed by atoms with E-state index in [1.54, 1.807) is 6.20 Å². The van der Waals surface area contributed by atoms with Gasteiger partial charge in [0.25, 0.3) is 0 Å². The number of allylic oxidation sites excluding steroid dienone is 3. The summed E-state index contributed by atoms with van der Waals surface area (Å²) in [6, 6.07) is 0.476. The summed E-state index contributed by atoms with van der Waals surface area (Å²) in [6.07, 6.45) is 13.0. The summed E-state index contributed by atoms with van der Waals surface area (Å²) in [6.45, 7) is 4.11. The van der Waals surface area contributed by atoms with E-state index in [4.69, 9.17) is 15.5 Å². The first-order valence-corrected chi connectivity index (χ1v) is 14.9. The summed E-state index contributed by atoms with van der Waals surface area (Å²) in [4.78, 5) is 9.37. The van der Waals surface area contributed by atoms with E-state index < -0.39 is 21.1 Å². The van der Waals surface area contributed by atoms with Gasteiger partial charge >= 0.3 is 0 Å². The van der Waals surface area contributed by atoms with Crippen molar-refractivity contribution >= 4 is 32.6 Å². The van der Waals surface area contributed by atoms with Crippen LogP contribution in [0.3, 0.4) is 0 Å². The maximum Gasteiger partial charge on any atom is 0.224 e. The molecule has 2 aliphatic carbocycles. The number of aromatic nitrogens is 3. The van der Waals surface area contributed by atoms with Gasteiger partial charge in [-0.2, -0.15) is 9.29 Å². The van der Waals surface area contributed by atoms with Gasteiger partial charge < -0.3 is 20.4 Å². The van der Waals surface area contributed by atoms with E-state index in [2.05, 4.69) is 21.8 Å². The lowest BCUT2D eigenvalue weighted by atomic mass is 9.92. The van der Waals surface area contributed by atoms with Crippen molar-refractivity contribution in [2.24, 2.45) is 5.73 Å². The average Bonchev–Trinajstić information content (AvgIpc) is 3.28. The SMILES string of the molecule is CCCCNc1ncc2c(C3=CCC(S(=O)(=O)N4CCOCC4)C(F)=C3)cn(C3CCC(N)CC3)c2n1. The molecule has 9 nitrogen and oxygen atoms in total. The number of unbranched alkanes of at least 4 members (excludes halogenated alkanes) is 1. The molecular formula is C26H37FN6O3S. The van der Waals surface area contributed by atoms with Crippen LogP contribution < -0.4 is 11.1 Å². The number of halogens is 1. The molecule has 37 heavy (non-hydrogen) atoms. The molecule has 1 saturated carbocycles. The van der Waals surface area contributed by atoms with Gasteiger partial charge in [0, 0.05) is 55.1 Å². The number of anilines is 1. The van der Waals surface area contributed by atoms with Crippen molar-refractivity contribution in [1.82, 2.24) is 18.8 Å². The molecule has 0 aromatic carbocycles. The minimum Gasteiger partial charge on any atom is -0.379 e. The van der Waals surface area contributed by atoms with E-state index in [1.807, 2.05) is 12.3 Å². The Morgan fingerprint density at radius 2 is 1.97 bits per heavy atom. The van der Waals surface area contributed by atoms with Gasteiger partial charge in [-0.1, -0.05) is 19.4 Å². The van der Waals surface area contributed by atoms with Gasteiger partial charge in [0.15, 0.2) is 0 Å². The van der Waals surface area contributed by atoms with E-state index in [1.165, 1.54) is 10.4 Å². The summed E-state index contributed by atoms with van der Waals surface area (Å²) in [5.74, 6) is -0.0531. The molecule has 0 bridgehead atoms. The average molecular weight is 533 g/mol. The zero-order valence-electron chi connectivity index (χ0n) is 21.4. The Morgan fingerprint density at radius 1 is 1.22 bits per heavy atom. The Hall–Kier alpha value is -2.34. The topological polar surface area (TPSA) is 115 Å². The van der Waals surface area contributed by atoms with Crippen LogP contribution in [-0.2, 0) is 14.8 Å². The minimum atomic E-state index is -3.80. The number of nitrogens with zero attached hydrogens (tertiary/aromatic N) is 4. The zero-order chi connectivity index (χ0) is 26.0. The molecule has 2 aromatic rings. The largest absolute Gasteiger partial charge is 0.379 e. The van der Waals surface area contributed by atoms with E-state index in [0.717, 1.165) is 61.7 Å². The first-order chi connectivity index (χ1) is 17.9. The van der Waals surface area contributed by atoms with Gasteiger partial charge in [0.2, 0.25) is 16.0 Å². The maximum absolute atomic E-state index is 15.4. The zero-order valence-corrected chi connectivity index (χ0v) is 22.2. The normalized spacial score (nSPS) is 25.6. The Labute approximate surface area is 218 Å². The molecule has 0 amide bonds. The highest BCUT2D eigenvalue weighted by molar-refractivity contribution is 7.89. The number of rotatable bonds is 8. The summed E-state index contributed by atoms with van der Waals surface area (Å²) in [5, 5.41) is 2.94. The lowest BCUT2D eigenvalue weighted by Crippen LogP contribution is -2.45. The first-order valence-electron chi connectivity index (χ1n) is 13.4. The van der Waals surface area contributed by atoms with E-state index in [9.17, 15) is 8.42 Å². The molecule has 3 aliphatic rings. The molecule has 1 aliphatic heterocycles. The Kier molecular flexibility index (Phi) is 7.94. The molecule has 2 aromatic heterocycles. The molecule has 11 heteroatoms. The number of morpholine rings is 1. The molecule has 1 atom stereocenters. The molecule has 0 radical (unpaired) electrons. The van der Waals surface area contributed by atoms with Crippen LogP contribution in [0.2, 0.25) is 0 Å². The molecule has 1 unspecified atom stereocenters. The van der Waals surface area contributed by atoms with Crippen molar-refractivity contribution in [1.29, 1.82) is 0 Å². The second-order valence-electron chi connectivity index (χ2n) is 10.2.